The molecule has 1 aromatic heterocycles. The highest BCUT2D eigenvalue weighted by Gasteiger charge is 2.11. The molecule has 0 N–H and O–H groups in total. The van der Waals surface area contributed by atoms with E-state index in [1.165, 1.54) is 6.07 Å². The summed E-state index contributed by atoms with van der Waals surface area (Å²) < 4.78 is 13.7. The van der Waals surface area contributed by atoms with Gasteiger partial charge in [-0.05, 0) is 41.8 Å². The van der Waals surface area contributed by atoms with Crippen LogP contribution >= 0.6 is 0 Å². The molecule has 3 aromatic rings. The van der Waals surface area contributed by atoms with E-state index in [-0.39, 0.29) is 5.82 Å². The van der Waals surface area contributed by atoms with Gasteiger partial charge < -0.3 is 0 Å². The van der Waals surface area contributed by atoms with E-state index in [0.717, 1.165) is 27.9 Å². The Morgan fingerprint density at radius 3 is 2.40 bits per heavy atom. The average molecular weight is 263 g/mol. The van der Waals surface area contributed by atoms with Gasteiger partial charge in [0.2, 0.25) is 0 Å². The van der Waals surface area contributed by atoms with Crippen LogP contribution in [0.1, 0.15) is 5.56 Å². The minimum Gasteiger partial charge on any atom is -0.256 e. The van der Waals surface area contributed by atoms with Crippen molar-refractivity contribution in [3.8, 4) is 22.4 Å². The van der Waals surface area contributed by atoms with Crippen LogP contribution in [0.2, 0.25) is 0 Å². The fraction of sp³-hybridized carbons (Fsp3) is 0.0556. The monoisotopic (exact) mass is 263 g/mol. The molecule has 0 fully saturated rings. The van der Waals surface area contributed by atoms with Crippen molar-refractivity contribution in [1.29, 1.82) is 0 Å². The molecule has 1 heterocycles. The first-order valence-electron chi connectivity index (χ1n) is 6.52. The molecule has 0 aliphatic heterocycles. The van der Waals surface area contributed by atoms with Crippen LogP contribution in [0.5, 0.6) is 0 Å². The van der Waals surface area contributed by atoms with Crippen molar-refractivity contribution in [3.63, 3.8) is 0 Å². The van der Waals surface area contributed by atoms with Gasteiger partial charge in [-0.15, -0.1) is 0 Å². The second-order valence-corrected chi connectivity index (χ2v) is 4.72. The second kappa shape index (κ2) is 5.25. The molecule has 0 spiro atoms. The summed E-state index contributed by atoms with van der Waals surface area (Å²) in [5.74, 6) is -0.246. The molecule has 0 atom stereocenters. The first-order chi connectivity index (χ1) is 9.75. The molecule has 0 amide bonds. The van der Waals surface area contributed by atoms with Crippen LogP contribution in [-0.2, 0) is 0 Å². The molecule has 0 saturated carbocycles. The molecular weight excluding hydrogens is 249 g/mol. The van der Waals surface area contributed by atoms with Crippen LogP contribution in [-0.4, -0.2) is 4.98 Å². The summed E-state index contributed by atoms with van der Waals surface area (Å²) in [6.45, 7) is 1.99. The van der Waals surface area contributed by atoms with Gasteiger partial charge in [-0.1, -0.05) is 42.5 Å². The summed E-state index contributed by atoms with van der Waals surface area (Å²) in [6.07, 6.45) is 1.74. The smallest absolute Gasteiger partial charge is 0.123 e. The Morgan fingerprint density at radius 1 is 0.850 bits per heavy atom. The highest BCUT2D eigenvalue weighted by Crippen LogP contribution is 2.32. The maximum Gasteiger partial charge on any atom is 0.123 e. The minimum atomic E-state index is -0.246. The third-order valence-electron chi connectivity index (χ3n) is 3.33. The number of rotatable bonds is 2. The van der Waals surface area contributed by atoms with E-state index in [1.54, 1.807) is 12.3 Å². The van der Waals surface area contributed by atoms with Crippen molar-refractivity contribution in [1.82, 2.24) is 4.98 Å². The molecule has 0 saturated heterocycles. The van der Waals surface area contributed by atoms with Gasteiger partial charge in [-0.2, -0.15) is 0 Å². The van der Waals surface area contributed by atoms with Gasteiger partial charge in [0, 0.05) is 11.8 Å². The maximum absolute atomic E-state index is 13.7. The van der Waals surface area contributed by atoms with E-state index in [1.807, 2.05) is 55.5 Å². The summed E-state index contributed by atoms with van der Waals surface area (Å²) in [7, 11) is 0. The first-order valence-corrected chi connectivity index (χ1v) is 6.52. The van der Waals surface area contributed by atoms with Gasteiger partial charge in [-0.3, -0.25) is 4.98 Å². The maximum atomic E-state index is 13.7. The Labute approximate surface area is 117 Å². The second-order valence-electron chi connectivity index (χ2n) is 4.72. The summed E-state index contributed by atoms with van der Waals surface area (Å²) in [5, 5.41) is 0. The Morgan fingerprint density at radius 2 is 1.65 bits per heavy atom. The van der Waals surface area contributed by atoms with Crippen LogP contribution in [0, 0.1) is 12.7 Å². The number of hydrogen-bond donors (Lipinski definition) is 0. The van der Waals surface area contributed by atoms with Crippen LogP contribution in [0.4, 0.5) is 4.39 Å². The Bertz CT molecular complexity index is 735. The van der Waals surface area contributed by atoms with E-state index < -0.39 is 0 Å². The molecule has 2 aromatic carbocycles. The van der Waals surface area contributed by atoms with Crippen molar-refractivity contribution < 1.29 is 4.39 Å². The third kappa shape index (κ3) is 2.32. The van der Waals surface area contributed by atoms with E-state index >= 15 is 0 Å². The number of halogens is 1. The van der Waals surface area contributed by atoms with Crippen LogP contribution in [0.15, 0.2) is 66.9 Å². The lowest BCUT2D eigenvalue weighted by Gasteiger charge is -2.11. The fourth-order valence-corrected chi connectivity index (χ4v) is 2.35. The molecule has 1 nitrogen and oxygen atoms in total. The minimum absolute atomic E-state index is 0.246. The average Bonchev–Trinajstić information content (AvgIpc) is 2.48. The zero-order valence-corrected chi connectivity index (χ0v) is 11.2. The van der Waals surface area contributed by atoms with Gasteiger partial charge in [0.1, 0.15) is 5.82 Å². The Kier molecular flexibility index (Phi) is 3.30. The number of benzene rings is 2. The molecule has 3 rings (SSSR count). The lowest BCUT2D eigenvalue weighted by atomic mass is 9.95. The fourth-order valence-electron chi connectivity index (χ4n) is 2.35. The number of pyridine rings is 1. The van der Waals surface area contributed by atoms with Gasteiger partial charge in [0.15, 0.2) is 0 Å². The van der Waals surface area contributed by atoms with Gasteiger partial charge in [0.25, 0.3) is 0 Å². The van der Waals surface area contributed by atoms with E-state index in [0.29, 0.717) is 0 Å². The SMILES string of the molecule is Cc1cccnc1-c1cc(F)ccc1-c1ccccc1. The van der Waals surface area contributed by atoms with Crippen molar-refractivity contribution >= 4 is 0 Å². The molecule has 98 valence electrons. The van der Waals surface area contributed by atoms with E-state index in [9.17, 15) is 4.39 Å². The molecule has 0 radical (unpaired) electrons. The highest BCUT2D eigenvalue weighted by atomic mass is 19.1. The Balaban J connectivity index is 2.25. The van der Waals surface area contributed by atoms with Crippen LogP contribution < -0.4 is 0 Å². The lowest BCUT2D eigenvalue weighted by molar-refractivity contribution is 0.628. The zero-order valence-electron chi connectivity index (χ0n) is 11.2. The largest absolute Gasteiger partial charge is 0.256 e. The summed E-state index contributed by atoms with van der Waals surface area (Å²) >= 11 is 0. The number of nitrogens with zero attached hydrogens (tertiary/aromatic N) is 1. The van der Waals surface area contributed by atoms with Crippen LogP contribution in [0.3, 0.4) is 0 Å². The van der Waals surface area contributed by atoms with Crippen molar-refractivity contribution in [2.24, 2.45) is 0 Å². The van der Waals surface area contributed by atoms with Crippen molar-refractivity contribution in [2.45, 2.75) is 6.92 Å². The topological polar surface area (TPSA) is 12.9 Å². The molecular formula is C18H14FN. The number of aryl methyl sites for hydroxylation is 1. The van der Waals surface area contributed by atoms with E-state index in [4.69, 9.17) is 0 Å². The van der Waals surface area contributed by atoms with Crippen LogP contribution in [0.25, 0.3) is 22.4 Å². The molecule has 0 aliphatic rings. The highest BCUT2D eigenvalue weighted by molar-refractivity contribution is 5.82. The van der Waals surface area contributed by atoms with Crippen molar-refractivity contribution in [3.05, 3.63) is 78.2 Å². The predicted molar refractivity (Wildman–Crippen MR) is 79.8 cm³/mol. The van der Waals surface area contributed by atoms with Gasteiger partial charge >= 0.3 is 0 Å². The molecule has 0 aliphatic carbocycles. The van der Waals surface area contributed by atoms with Gasteiger partial charge in [-0.25, -0.2) is 4.39 Å². The molecule has 0 unspecified atom stereocenters. The number of aromatic nitrogens is 1. The zero-order chi connectivity index (χ0) is 13.9. The quantitative estimate of drug-likeness (QED) is 0.643. The Hall–Kier alpha value is -2.48. The van der Waals surface area contributed by atoms with E-state index in [2.05, 4.69) is 4.98 Å². The third-order valence-corrected chi connectivity index (χ3v) is 3.33. The standard InChI is InChI=1S/C18H14FN/c1-13-6-5-11-20-18(13)17-12-15(19)9-10-16(17)14-7-3-2-4-8-14/h2-12H,1H3. The number of hydrogen-bond acceptors (Lipinski definition) is 1. The molecule has 0 bridgehead atoms. The predicted octanol–water partition coefficient (Wildman–Crippen LogP) is 4.86. The lowest BCUT2D eigenvalue weighted by Crippen LogP contribution is -1.92. The van der Waals surface area contributed by atoms with Crippen molar-refractivity contribution in [2.75, 3.05) is 0 Å². The summed E-state index contributed by atoms with van der Waals surface area (Å²) in [4.78, 5) is 4.41. The normalized spacial score (nSPS) is 10.5. The first kappa shape index (κ1) is 12.5. The summed E-state index contributed by atoms with van der Waals surface area (Å²) in [5.41, 5.74) is 4.75. The summed E-state index contributed by atoms with van der Waals surface area (Å²) in [6, 6.07) is 18.7. The molecule has 2 heteroatoms. The molecule has 20 heavy (non-hydrogen) atoms. The van der Waals surface area contributed by atoms with Gasteiger partial charge in [0.05, 0.1) is 5.69 Å².